The van der Waals surface area contributed by atoms with Gasteiger partial charge in [-0.3, -0.25) is 4.79 Å². The smallest absolute Gasteiger partial charge is 0.220 e. The largest absolute Gasteiger partial charge is 0.355 e. The molecule has 0 radical (unpaired) electrons. The summed E-state index contributed by atoms with van der Waals surface area (Å²) in [5, 5.41) is 3.02. The SMILES string of the molecule is O=C1CC(CCc2ccccc2)C(c2ccccc2)CN1. The predicted molar refractivity (Wildman–Crippen MR) is 85.1 cm³/mol. The van der Waals surface area contributed by atoms with E-state index in [0.29, 0.717) is 18.3 Å². The zero-order valence-electron chi connectivity index (χ0n) is 12.2. The van der Waals surface area contributed by atoms with Crippen molar-refractivity contribution >= 4 is 5.91 Å². The first-order valence-corrected chi connectivity index (χ1v) is 7.68. The Balaban J connectivity index is 1.71. The van der Waals surface area contributed by atoms with Crippen LogP contribution in [-0.4, -0.2) is 12.5 Å². The topological polar surface area (TPSA) is 29.1 Å². The number of amides is 1. The molecule has 0 aromatic heterocycles. The molecule has 2 nitrogen and oxygen atoms in total. The monoisotopic (exact) mass is 279 g/mol. The Labute approximate surface area is 126 Å². The van der Waals surface area contributed by atoms with Gasteiger partial charge in [-0.15, -0.1) is 0 Å². The van der Waals surface area contributed by atoms with Crippen molar-refractivity contribution in [1.29, 1.82) is 0 Å². The Morgan fingerprint density at radius 2 is 1.62 bits per heavy atom. The maximum absolute atomic E-state index is 11.8. The summed E-state index contributed by atoms with van der Waals surface area (Å²) < 4.78 is 0. The quantitative estimate of drug-likeness (QED) is 0.911. The highest BCUT2D eigenvalue weighted by molar-refractivity contribution is 5.77. The third-order valence-corrected chi connectivity index (χ3v) is 4.41. The first kappa shape index (κ1) is 13.9. The highest BCUT2D eigenvalue weighted by Gasteiger charge is 2.29. The van der Waals surface area contributed by atoms with Gasteiger partial charge in [0.2, 0.25) is 5.91 Å². The summed E-state index contributed by atoms with van der Waals surface area (Å²) in [5.41, 5.74) is 2.70. The minimum atomic E-state index is 0.195. The predicted octanol–water partition coefficient (Wildman–Crippen LogP) is 3.54. The fourth-order valence-electron chi connectivity index (χ4n) is 3.23. The fraction of sp³-hybridized carbons (Fsp3) is 0.316. The summed E-state index contributed by atoms with van der Waals surface area (Å²) in [5.74, 6) is 1.06. The molecule has 0 spiro atoms. The van der Waals surface area contributed by atoms with Gasteiger partial charge < -0.3 is 5.32 Å². The lowest BCUT2D eigenvalue weighted by Gasteiger charge is -2.32. The van der Waals surface area contributed by atoms with Crippen LogP contribution < -0.4 is 5.32 Å². The summed E-state index contributed by atoms with van der Waals surface area (Å²) in [6.45, 7) is 0.766. The molecule has 2 aromatic rings. The van der Waals surface area contributed by atoms with Gasteiger partial charge in [-0.05, 0) is 29.9 Å². The molecule has 1 aliphatic rings. The number of benzene rings is 2. The number of piperidine rings is 1. The molecule has 2 unspecified atom stereocenters. The molecule has 1 saturated heterocycles. The van der Waals surface area contributed by atoms with Crippen molar-refractivity contribution in [1.82, 2.24) is 5.32 Å². The molecular formula is C19H21NO. The number of carbonyl (C=O) groups is 1. The number of carbonyl (C=O) groups excluding carboxylic acids is 1. The van der Waals surface area contributed by atoms with Gasteiger partial charge in [0.1, 0.15) is 0 Å². The van der Waals surface area contributed by atoms with Gasteiger partial charge in [0, 0.05) is 18.9 Å². The van der Waals surface area contributed by atoms with E-state index in [1.54, 1.807) is 0 Å². The second kappa shape index (κ2) is 6.57. The standard InChI is InChI=1S/C19H21NO/c21-19-13-17(12-11-15-7-3-1-4-8-15)18(14-20-19)16-9-5-2-6-10-16/h1-10,17-18H,11-14H2,(H,20,21). The van der Waals surface area contributed by atoms with Crippen LogP contribution in [0, 0.1) is 5.92 Å². The van der Waals surface area contributed by atoms with E-state index >= 15 is 0 Å². The molecule has 0 bridgehead atoms. The normalized spacial score (nSPS) is 21.8. The minimum absolute atomic E-state index is 0.195. The summed E-state index contributed by atoms with van der Waals surface area (Å²) in [6.07, 6.45) is 2.76. The maximum atomic E-state index is 11.8. The average Bonchev–Trinajstić information content (AvgIpc) is 2.55. The number of aryl methyl sites for hydroxylation is 1. The van der Waals surface area contributed by atoms with Crippen LogP contribution in [0.4, 0.5) is 0 Å². The van der Waals surface area contributed by atoms with Crippen molar-refractivity contribution in [2.75, 3.05) is 6.54 Å². The second-order valence-corrected chi connectivity index (χ2v) is 5.81. The zero-order chi connectivity index (χ0) is 14.5. The lowest BCUT2D eigenvalue weighted by molar-refractivity contribution is -0.123. The van der Waals surface area contributed by atoms with Crippen LogP contribution >= 0.6 is 0 Å². The molecular weight excluding hydrogens is 258 g/mol. The molecule has 1 N–H and O–H groups in total. The summed E-state index contributed by atoms with van der Waals surface area (Å²) in [6, 6.07) is 21.1. The number of rotatable bonds is 4. The van der Waals surface area contributed by atoms with E-state index in [-0.39, 0.29) is 5.91 Å². The Morgan fingerprint density at radius 3 is 2.33 bits per heavy atom. The molecule has 2 heteroatoms. The van der Waals surface area contributed by atoms with E-state index in [1.807, 2.05) is 12.1 Å². The molecule has 1 heterocycles. The van der Waals surface area contributed by atoms with Crippen molar-refractivity contribution in [3.63, 3.8) is 0 Å². The molecule has 0 saturated carbocycles. The van der Waals surface area contributed by atoms with Gasteiger partial charge in [-0.1, -0.05) is 60.7 Å². The van der Waals surface area contributed by atoms with Crippen molar-refractivity contribution < 1.29 is 4.79 Å². The molecule has 1 fully saturated rings. The molecule has 0 aliphatic carbocycles. The average molecular weight is 279 g/mol. The first-order chi connectivity index (χ1) is 10.3. The number of hydrogen-bond donors (Lipinski definition) is 1. The summed E-state index contributed by atoms with van der Waals surface area (Å²) in [4.78, 5) is 11.8. The number of hydrogen-bond acceptors (Lipinski definition) is 1. The molecule has 2 atom stereocenters. The first-order valence-electron chi connectivity index (χ1n) is 7.68. The van der Waals surface area contributed by atoms with Crippen LogP contribution in [0.5, 0.6) is 0 Å². The maximum Gasteiger partial charge on any atom is 0.220 e. The van der Waals surface area contributed by atoms with E-state index in [2.05, 4.69) is 53.8 Å². The van der Waals surface area contributed by atoms with Crippen LogP contribution in [-0.2, 0) is 11.2 Å². The molecule has 1 aliphatic heterocycles. The lowest BCUT2D eigenvalue weighted by Crippen LogP contribution is -2.39. The van der Waals surface area contributed by atoms with Crippen LogP contribution in [0.2, 0.25) is 0 Å². The van der Waals surface area contributed by atoms with Crippen LogP contribution in [0.15, 0.2) is 60.7 Å². The van der Waals surface area contributed by atoms with E-state index in [0.717, 1.165) is 19.4 Å². The van der Waals surface area contributed by atoms with E-state index in [4.69, 9.17) is 0 Å². The van der Waals surface area contributed by atoms with Crippen molar-refractivity contribution in [3.8, 4) is 0 Å². The molecule has 1 amide bonds. The van der Waals surface area contributed by atoms with E-state index in [9.17, 15) is 4.79 Å². The molecule has 108 valence electrons. The van der Waals surface area contributed by atoms with Gasteiger partial charge in [0.25, 0.3) is 0 Å². The van der Waals surface area contributed by atoms with Crippen LogP contribution in [0.1, 0.15) is 29.9 Å². The van der Waals surface area contributed by atoms with Crippen molar-refractivity contribution in [2.45, 2.75) is 25.2 Å². The summed E-state index contributed by atoms with van der Waals surface area (Å²) in [7, 11) is 0. The van der Waals surface area contributed by atoms with Gasteiger partial charge in [0.05, 0.1) is 0 Å². The van der Waals surface area contributed by atoms with Gasteiger partial charge in [-0.25, -0.2) is 0 Å². The molecule has 21 heavy (non-hydrogen) atoms. The Hall–Kier alpha value is -2.09. The van der Waals surface area contributed by atoms with Crippen molar-refractivity contribution in [2.24, 2.45) is 5.92 Å². The van der Waals surface area contributed by atoms with E-state index < -0.39 is 0 Å². The minimum Gasteiger partial charge on any atom is -0.355 e. The van der Waals surface area contributed by atoms with Crippen LogP contribution in [0.25, 0.3) is 0 Å². The Morgan fingerprint density at radius 1 is 0.952 bits per heavy atom. The highest BCUT2D eigenvalue weighted by Crippen LogP contribution is 2.32. The molecule has 2 aromatic carbocycles. The summed E-state index contributed by atoms with van der Waals surface area (Å²) >= 11 is 0. The number of nitrogens with one attached hydrogen (secondary N) is 1. The third kappa shape index (κ3) is 3.52. The Kier molecular flexibility index (Phi) is 4.34. The van der Waals surface area contributed by atoms with Crippen molar-refractivity contribution in [3.05, 3.63) is 71.8 Å². The lowest BCUT2D eigenvalue weighted by atomic mass is 9.78. The van der Waals surface area contributed by atoms with Crippen LogP contribution in [0.3, 0.4) is 0 Å². The third-order valence-electron chi connectivity index (χ3n) is 4.41. The molecule has 3 rings (SSSR count). The van der Waals surface area contributed by atoms with Gasteiger partial charge in [0.15, 0.2) is 0 Å². The zero-order valence-corrected chi connectivity index (χ0v) is 12.2. The van der Waals surface area contributed by atoms with Gasteiger partial charge in [-0.2, -0.15) is 0 Å². The Bertz CT molecular complexity index is 579. The van der Waals surface area contributed by atoms with E-state index in [1.165, 1.54) is 11.1 Å². The highest BCUT2D eigenvalue weighted by atomic mass is 16.1. The van der Waals surface area contributed by atoms with Gasteiger partial charge >= 0.3 is 0 Å². The fourth-order valence-corrected chi connectivity index (χ4v) is 3.23. The second-order valence-electron chi connectivity index (χ2n) is 5.81.